The number of rotatable bonds is 2. The highest BCUT2D eigenvalue weighted by Crippen LogP contribution is 2.20. The van der Waals surface area contributed by atoms with E-state index in [0.29, 0.717) is 13.1 Å². The number of hydrogen-bond donors (Lipinski definition) is 1. The monoisotopic (exact) mass is 241 g/mol. The summed E-state index contributed by atoms with van der Waals surface area (Å²) in [5.41, 5.74) is -0.494. The van der Waals surface area contributed by atoms with Gasteiger partial charge in [-0.3, -0.25) is 0 Å². The summed E-state index contributed by atoms with van der Waals surface area (Å²) < 4.78 is 5.24. The van der Waals surface area contributed by atoms with Crippen LogP contribution in [-0.4, -0.2) is 40.8 Å². The second-order valence-electron chi connectivity index (χ2n) is 5.17. The Balaban J connectivity index is 2.45. The van der Waals surface area contributed by atoms with Crippen molar-refractivity contribution in [2.24, 2.45) is 5.92 Å². The van der Waals surface area contributed by atoms with Crippen LogP contribution in [0.4, 0.5) is 4.79 Å². The first-order valence-electron chi connectivity index (χ1n) is 5.67. The minimum Gasteiger partial charge on any atom is -0.478 e. The zero-order valence-corrected chi connectivity index (χ0v) is 10.5. The molecular weight excluding hydrogens is 222 g/mol. The maximum absolute atomic E-state index is 11.7. The smallest absolute Gasteiger partial charge is 0.410 e. The van der Waals surface area contributed by atoms with Crippen molar-refractivity contribution in [2.75, 3.05) is 13.1 Å². The number of aliphatic carboxylic acids is 1. The molecule has 0 aliphatic carbocycles. The molecule has 17 heavy (non-hydrogen) atoms. The van der Waals surface area contributed by atoms with Gasteiger partial charge in [0.2, 0.25) is 0 Å². The molecule has 0 radical (unpaired) electrons. The topological polar surface area (TPSA) is 66.8 Å². The van der Waals surface area contributed by atoms with Crippen molar-refractivity contribution in [3.05, 3.63) is 12.2 Å². The molecule has 0 saturated carbocycles. The molecule has 1 N–H and O–H groups in total. The molecule has 5 heteroatoms. The van der Waals surface area contributed by atoms with Crippen molar-refractivity contribution in [1.29, 1.82) is 0 Å². The Morgan fingerprint density at radius 2 is 2.06 bits per heavy atom. The first kappa shape index (κ1) is 13.5. The van der Waals surface area contributed by atoms with Gasteiger partial charge in [-0.1, -0.05) is 6.08 Å². The Morgan fingerprint density at radius 1 is 1.41 bits per heavy atom. The number of carboxylic acid groups (broad SMARTS) is 1. The predicted octanol–water partition coefficient (Wildman–Crippen LogP) is 1.88. The molecule has 0 bridgehead atoms. The fourth-order valence-electron chi connectivity index (χ4n) is 1.66. The number of carbonyl (C=O) groups excluding carboxylic acids is 1. The Hall–Kier alpha value is -1.52. The van der Waals surface area contributed by atoms with Crippen molar-refractivity contribution in [2.45, 2.75) is 32.8 Å². The van der Waals surface area contributed by atoms with Gasteiger partial charge in [-0.25, -0.2) is 9.59 Å². The molecule has 1 amide bonds. The maximum Gasteiger partial charge on any atom is 0.410 e. The standard InChI is InChI=1S/C12H19NO4/c1-12(2,3)17-11(16)13-7-6-9(8-13)4-5-10(14)15/h4-5,9H,6-8H2,1-3H3,(H,14,15)/b5-4+. The third kappa shape index (κ3) is 4.89. The molecule has 96 valence electrons. The SMILES string of the molecule is CC(C)(C)OC(=O)N1CCC(/C=C/C(=O)O)C1. The molecule has 1 fully saturated rings. The van der Waals surface area contributed by atoms with Crippen LogP contribution in [0.1, 0.15) is 27.2 Å². The lowest BCUT2D eigenvalue weighted by Crippen LogP contribution is -2.35. The molecule has 0 aromatic carbocycles. The summed E-state index contributed by atoms with van der Waals surface area (Å²) in [6.07, 6.45) is 3.21. The third-order valence-electron chi connectivity index (χ3n) is 2.39. The summed E-state index contributed by atoms with van der Waals surface area (Å²) in [4.78, 5) is 23.7. The van der Waals surface area contributed by atoms with E-state index in [1.54, 1.807) is 11.0 Å². The third-order valence-corrected chi connectivity index (χ3v) is 2.39. The number of likely N-dealkylation sites (tertiary alicyclic amines) is 1. The Morgan fingerprint density at radius 3 is 2.59 bits per heavy atom. The largest absolute Gasteiger partial charge is 0.478 e. The average molecular weight is 241 g/mol. The summed E-state index contributed by atoms with van der Waals surface area (Å²) in [5.74, 6) is -0.848. The number of amides is 1. The molecule has 1 unspecified atom stereocenters. The maximum atomic E-state index is 11.7. The summed E-state index contributed by atoms with van der Waals surface area (Å²) in [6.45, 7) is 6.61. The molecule has 1 aliphatic rings. The van der Waals surface area contributed by atoms with E-state index in [0.717, 1.165) is 12.5 Å². The minimum absolute atomic E-state index is 0.110. The fourth-order valence-corrected chi connectivity index (χ4v) is 1.66. The first-order chi connectivity index (χ1) is 7.78. The van der Waals surface area contributed by atoms with E-state index in [2.05, 4.69) is 0 Å². The lowest BCUT2D eigenvalue weighted by Gasteiger charge is -2.24. The van der Waals surface area contributed by atoms with E-state index in [1.807, 2.05) is 20.8 Å². The van der Waals surface area contributed by atoms with Crippen molar-refractivity contribution in [3.63, 3.8) is 0 Å². The summed E-state index contributed by atoms with van der Waals surface area (Å²) >= 11 is 0. The van der Waals surface area contributed by atoms with Crippen LogP contribution < -0.4 is 0 Å². The van der Waals surface area contributed by atoms with E-state index >= 15 is 0 Å². The highest BCUT2D eigenvalue weighted by atomic mass is 16.6. The Bertz CT molecular complexity index is 330. The molecule has 5 nitrogen and oxygen atoms in total. The van der Waals surface area contributed by atoms with Gasteiger partial charge in [0.15, 0.2) is 0 Å². The van der Waals surface area contributed by atoms with Crippen LogP contribution in [0.25, 0.3) is 0 Å². The van der Waals surface area contributed by atoms with Gasteiger partial charge in [0, 0.05) is 19.2 Å². The number of carbonyl (C=O) groups is 2. The van der Waals surface area contributed by atoms with Gasteiger partial charge in [0.1, 0.15) is 5.60 Å². The van der Waals surface area contributed by atoms with Crippen LogP contribution in [0, 0.1) is 5.92 Å². The van der Waals surface area contributed by atoms with Crippen molar-refractivity contribution in [1.82, 2.24) is 4.90 Å². The van der Waals surface area contributed by atoms with E-state index in [-0.39, 0.29) is 12.0 Å². The quantitative estimate of drug-likeness (QED) is 0.750. The van der Waals surface area contributed by atoms with Gasteiger partial charge in [0.25, 0.3) is 0 Å². The molecular formula is C12H19NO4. The van der Waals surface area contributed by atoms with Gasteiger partial charge >= 0.3 is 12.1 Å². The molecule has 1 saturated heterocycles. The first-order valence-corrected chi connectivity index (χ1v) is 5.67. The predicted molar refractivity (Wildman–Crippen MR) is 62.7 cm³/mol. The van der Waals surface area contributed by atoms with Crippen LogP contribution in [-0.2, 0) is 9.53 Å². The van der Waals surface area contributed by atoms with Crippen LogP contribution >= 0.6 is 0 Å². The Kier molecular flexibility index (Phi) is 4.15. The number of ether oxygens (including phenoxy) is 1. The molecule has 1 atom stereocenters. The molecule has 0 aromatic heterocycles. The van der Waals surface area contributed by atoms with Crippen LogP contribution in [0.2, 0.25) is 0 Å². The second-order valence-corrected chi connectivity index (χ2v) is 5.17. The number of nitrogens with zero attached hydrogens (tertiary/aromatic N) is 1. The molecule has 0 spiro atoms. The number of hydrogen-bond acceptors (Lipinski definition) is 3. The Labute approximate surface area is 101 Å². The highest BCUT2D eigenvalue weighted by Gasteiger charge is 2.28. The van der Waals surface area contributed by atoms with Crippen LogP contribution in [0.15, 0.2) is 12.2 Å². The van der Waals surface area contributed by atoms with Crippen LogP contribution in [0.5, 0.6) is 0 Å². The normalized spacial score (nSPS) is 20.9. The summed E-state index contributed by atoms with van der Waals surface area (Å²) in [6, 6.07) is 0. The molecule has 0 aromatic rings. The second kappa shape index (κ2) is 5.21. The number of carboxylic acids is 1. The molecule has 1 aliphatic heterocycles. The lowest BCUT2D eigenvalue weighted by molar-refractivity contribution is -0.131. The zero-order valence-electron chi connectivity index (χ0n) is 10.5. The fraction of sp³-hybridized carbons (Fsp3) is 0.667. The van der Waals surface area contributed by atoms with Crippen molar-refractivity contribution < 1.29 is 19.4 Å². The van der Waals surface area contributed by atoms with E-state index in [1.165, 1.54) is 0 Å². The molecule has 1 heterocycles. The van der Waals surface area contributed by atoms with Crippen LogP contribution in [0.3, 0.4) is 0 Å². The van der Waals surface area contributed by atoms with Gasteiger partial charge < -0.3 is 14.7 Å². The molecule has 1 rings (SSSR count). The zero-order chi connectivity index (χ0) is 13.1. The lowest BCUT2D eigenvalue weighted by atomic mass is 10.1. The highest BCUT2D eigenvalue weighted by molar-refractivity contribution is 5.79. The van der Waals surface area contributed by atoms with Gasteiger partial charge in [-0.15, -0.1) is 0 Å². The van der Waals surface area contributed by atoms with E-state index < -0.39 is 11.6 Å². The average Bonchev–Trinajstić information content (AvgIpc) is 2.60. The van der Waals surface area contributed by atoms with E-state index in [9.17, 15) is 9.59 Å². The summed E-state index contributed by atoms with van der Waals surface area (Å²) in [5, 5.41) is 8.51. The van der Waals surface area contributed by atoms with Crippen molar-refractivity contribution in [3.8, 4) is 0 Å². The summed E-state index contributed by atoms with van der Waals surface area (Å²) in [7, 11) is 0. The van der Waals surface area contributed by atoms with E-state index in [4.69, 9.17) is 9.84 Å². The van der Waals surface area contributed by atoms with Gasteiger partial charge in [-0.2, -0.15) is 0 Å². The van der Waals surface area contributed by atoms with Crippen molar-refractivity contribution >= 4 is 12.1 Å². The minimum atomic E-state index is -0.958. The van der Waals surface area contributed by atoms with Gasteiger partial charge in [0.05, 0.1) is 0 Å². The van der Waals surface area contributed by atoms with Gasteiger partial charge in [-0.05, 0) is 33.1 Å².